The maximum atomic E-state index is 6.09. The van der Waals surface area contributed by atoms with E-state index in [4.69, 9.17) is 23.7 Å². The highest BCUT2D eigenvalue weighted by atomic mass is 16.5. The van der Waals surface area contributed by atoms with Gasteiger partial charge in [0.1, 0.15) is 48.6 Å². The van der Waals surface area contributed by atoms with E-state index in [9.17, 15) is 0 Å². The Balaban J connectivity index is 0.000000329. The first-order valence-corrected chi connectivity index (χ1v) is 34.7. The van der Waals surface area contributed by atoms with Crippen molar-refractivity contribution in [3.8, 4) is 39.9 Å². The molecule has 7 aromatic carbocycles. The molecule has 0 saturated heterocycles. The molecule has 0 atom stereocenters. The van der Waals surface area contributed by atoms with Crippen LogP contribution in [-0.2, 0) is 12.8 Å². The molecule has 5 heteroatoms. The third-order valence-corrected chi connectivity index (χ3v) is 15.1. The zero-order valence-electron chi connectivity index (χ0n) is 62.9. The molecule has 0 amide bonds. The van der Waals surface area contributed by atoms with Gasteiger partial charge in [0.2, 0.25) is 0 Å². The van der Waals surface area contributed by atoms with Gasteiger partial charge in [-0.05, 0) is 247 Å². The molecular formula is C94H116O5. The van der Waals surface area contributed by atoms with Crippen molar-refractivity contribution < 1.29 is 23.7 Å². The van der Waals surface area contributed by atoms with E-state index in [0.717, 1.165) is 88.3 Å². The Kier molecular flexibility index (Phi) is 41.1. The molecule has 5 nitrogen and oxygen atoms in total. The van der Waals surface area contributed by atoms with Crippen LogP contribution in [0.15, 0.2) is 286 Å². The molecule has 99 heavy (non-hydrogen) atoms. The summed E-state index contributed by atoms with van der Waals surface area (Å²) in [5.41, 5.74) is 21.6. The van der Waals surface area contributed by atoms with Crippen molar-refractivity contribution in [2.45, 2.75) is 142 Å². The highest BCUT2D eigenvalue weighted by molar-refractivity contribution is 5.95. The summed E-state index contributed by atoms with van der Waals surface area (Å²) < 4.78 is 29.3. The van der Waals surface area contributed by atoms with Gasteiger partial charge in [0.25, 0.3) is 0 Å². The summed E-state index contributed by atoms with van der Waals surface area (Å²) in [4.78, 5) is 0. The summed E-state index contributed by atoms with van der Waals surface area (Å²) in [7, 11) is 0. The lowest BCUT2D eigenvalue weighted by Gasteiger charge is -2.16. The number of allylic oxidation sites excluding steroid dienone is 18. The van der Waals surface area contributed by atoms with Crippen LogP contribution in [0, 0.1) is 69.2 Å². The maximum absolute atomic E-state index is 6.09. The summed E-state index contributed by atoms with van der Waals surface area (Å²) in [6.45, 7) is 52.8. The minimum Gasteiger partial charge on any atom is -0.493 e. The van der Waals surface area contributed by atoms with Gasteiger partial charge in [-0.1, -0.05) is 260 Å². The van der Waals surface area contributed by atoms with Crippen LogP contribution in [0.5, 0.6) is 28.7 Å². The quantitative estimate of drug-likeness (QED) is 0.0320. The number of hydrogen-bond acceptors (Lipinski definition) is 5. The first-order valence-electron chi connectivity index (χ1n) is 34.7. The predicted octanol–water partition coefficient (Wildman–Crippen LogP) is 26.0. The average Bonchev–Trinajstić information content (AvgIpc) is 0.799. The van der Waals surface area contributed by atoms with Gasteiger partial charge in [-0.25, -0.2) is 0 Å². The van der Waals surface area contributed by atoms with Gasteiger partial charge in [0.15, 0.2) is 0 Å². The van der Waals surface area contributed by atoms with Crippen LogP contribution in [0.1, 0.15) is 127 Å². The SMILES string of the molecule is C=C/C(C)=C/CCCc1cc(C)ccc1-c1ccc(C)cc1.C=C/C=C/COc1cc(C)cc(C)c1.C=C/C=C/Cc1cc(C)cc(C)c1.C=C/C=C\CCOc1cc(C)c(OCC/C=C\C=C)c2ccc(C)cc12.CC(C)=C/C=C/COc1cc(C)c(OC/C=C/C=C(C)C)cc1C. The van der Waals surface area contributed by atoms with Crippen LogP contribution in [0.25, 0.3) is 21.9 Å². The van der Waals surface area contributed by atoms with Crippen molar-refractivity contribution in [2.75, 3.05) is 33.0 Å². The molecule has 0 saturated carbocycles. The minimum atomic E-state index is 0.565. The third kappa shape index (κ3) is 35.3. The minimum absolute atomic E-state index is 0.565. The summed E-state index contributed by atoms with van der Waals surface area (Å²) in [5.74, 6) is 4.58. The van der Waals surface area contributed by atoms with E-state index < -0.39 is 0 Å². The number of hydrogen-bond donors (Lipinski definition) is 0. The Hall–Kier alpha value is -9.84. The van der Waals surface area contributed by atoms with E-state index in [2.05, 4.69) is 250 Å². The molecule has 0 fully saturated rings. The molecule has 0 aromatic heterocycles. The third-order valence-electron chi connectivity index (χ3n) is 15.1. The van der Waals surface area contributed by atoms with E-state index in [1.54, 1.807) is 18.2 Å². The molecule has 7 aromatic rings. The van der Waals surface area contributed by atoms with Gasteiger partial charge in [-0.2, -0.15) is 0 Å². The smallest absolute Gasteiger partial charge is 0.130 e. The Labute approximate surface area is 599 Å². The maximum Gasteiger partial charge on any atom is 0.130 e. The summed E-state index contributed by atoms with van der Waals surface area (Å²) in [5, 5.41) is 2.19. The van der Waals surface area contributed by atoms with E-state index in [-0.39, 0.29) is 0 Å². The second kappa shape index (κ2) is 48.8. The molecule has 0 N–H and O–H groups in total. The molecule has 0 aliphatic rings. The van der Waals surface area contributed by atoms with Crippen molar-refractivity contribution in [1.29, 1.82) is 0 Å². The summed E-state index contributed by atoms with van der Waals surface area (Å²) in [6.07, 6.45) is 45.5. The lowest BCUT2D eigenvalue weighted by Crippen LogP contribution is -2.01. The standard InChI is InChI=1S/C24H28O2.C22H30O2.C22H26.C13H16O.C13H16/c1-5-7-9-11-15-25-23-18-20(4)24(26-16-12-10-8-6-2)21-14-13-19(3)17-22(21)23;1-17(2)11-7-9-13-23-21-15-20(6)22(16-19(21)5)24-14-10-8-12-18(3)4;1-5-17(2)8-6-7-9-21-16-19(4)12-15-22(21)20-13-10-18(3)11-14-20;1-4-5-6-7-14-13-9-11(2)8-12(3)10-13;1-4-5-6-7-13-9-11(2)8-12(3)10-13/h5-10,13-14,17-18H,1-2,11-12,15-16H2,3-4H3;7-12,15-16H,13-14H2,1-6H3;5,8,10-16H,1,6-7,9H2,2-4H3;4-6,8-10H,1,7H2,2-3H3;4-6,8-10H,1,7H2,2-3H3/b9-7-,10-8-;9-7+,10-8+;17-8+;2*6-5+. The highest BCUT2D eigenvalue weighted by Crippen LogP contribution is 2.38. The first-order chi connectivity index (χ1) is 47.6. The monoisotopic (exact) mass is 1320 g/mol. The van der Waals surface area contributed by atoms with Crippen LogP contribution in [0.4, 0.5) is 0 Å². The molecule has 0 bridgehead atoms. The van der Waals surface area contributed by atoms with Crippen LogP contribution in [0.3, 0.4) is 0 Å². The van der Waals surface area contributed by atoms with E-state index >= 15 is 0 Å². The molecule has 0 unspecified atom stereocenters. The van der Waals surface area contributed by atoms with Crippen molar-refractivity contribution in [3.05, 3.63) is 353 Å². The van der Waals surface area contributed by atoms with Crippen LogP contribution in [-0.4, -0.2) is 33.0 Å². The zero-order valence-corrected chi connectivity index (χ0v) is 62.9. The molecule has 522 valence electrons. The fraction of sp³-hybridized carbons (Fsp3) is 0.277. The van der Waals surface area contributed by atoms with Gasteiger partial charge in [0.05, 0.1) is 13.2 Å². The molecule has 0 aliphatic carbocycles. The fourth-order valence-electron chi connectivity index (χ4n) is 10.2. The lowest BCUT2D eigenvalue weighted by molar-refractivity contribution is 0.319. The summed E-state index contributed by atoms with van der Waals surface area (Å²) >= 11 is 0. The fourth-order valence-corrected chi connectivity index (χ4v) is 10.2. The normalized spacial score (nSPS) is 11.0. The van der Waals surface area contributed by atoms with Crippen molar-refractivity contribution in [3.63, 3.8) is 0 Å². The number of aryl methyl sites for hydroxylation is 11. The van der Waals surface area contributed by atoms with Crippen LogP contribution >= 0.6 is 0 Å². The number of ether oxygens (including phenoxy) is 5. The largest absolute Gasteiger partial charge is 0.493 e. The Morgan fingerprint density at radius 2 is 0.859 bits per heavy atom. The second-order valence-electron chi connectivity index (χ2n) is 25.3. The Morgan fingerprint density at radius 3 is 1.40 bits per heavy atom. The van der Waals surface area contributed by atoms with E-state index in [1.807, 2.05) is 105 Å². The van der Waals surface area contributed by atoms with Gasteiger partial charge in [-0.15, -0.1) is 0 Å². The van der Waals surface area contributed by atoms with Crippen LogP contribution < -0.4 is 23.7 Å². The molecule has 7 rings (SSSR count). The molecule has 0 aliphatic heterocycles. The average molecular weight is 1330 g/mol. The molecule has 0 heterocycles. The first kappa shape index (κ1) is 83.4. The number of rotatable bonds is 31. The van der Waals surface area contributed by atoms with Crippen molar-refractivity contribution >= 4 is 10.8 Å². The van der Waals surface area contributed by atoms with Gasteiger partial charge >= 0.3 is 0 Å². The Morgan fingerprint density at radius 1 is 0.384 bits per heavy atom. The van der Waals surface area contributed by atoms with Crippen molar-refractivity contribution in [2.24, 2.45) is 0 Å². The summed E-state index contributed by atoms with van der Waals surface area (Å²) in [6, 6.07) is 41.0. The molecule has 0 spiro atoms. The number of fused-ring (bicyclic) bond motifs is 1. The van der Waals surface area contributed by atoms with E-state index in [1.165, 1.54) is 84.3 Å². The topological polar surface area (TPSA) is 46.2 Å². The zero-order chi connectivity index (χ0) is 72.7. The highest BCUT2D eigenvalue weighted by Gasteiger charge is 2.13. The predicted molar refractivity (Wildman–Crippen MR) is 434 cm³/mol. The van der Waals surface area contributed by atoms with Gasteiger partial charge in [0, 0.05) is 10.8 Å². The number of unbranched alkanes of at least 4 members (excludes halogenated alkanes) is 1. The van der Waals surface area contributed by atoms with Gasteiger partial charge < -0.3 is 23.7 Å². The van der Waals surface area contributed by atoms with Crippen molar-refractivity contribution in [1.82, 2.24) is 0 Å². The second-order valence-corrected chi connectivity index (χ2v) is 25.3. The van der Waals surface area contributed by atoms with Gasteiger partial charge in [-0.3, -0.25) is 0 Å². The molecule has 0 radical (unpaired) electrons. The molecular weight excluding hydrogens is 1210 g/mol. The van der Waals surface area contributed by atoms with E-state index in [0.29, 0.717) is 33.0 Å². The lowest BCUT2D eigenvalue weighted by atomic mass is 9.94. The van der Waals surface area contributed by atoms with Crippen LogP contribution in [0.2, 0.25) is 0 Å². The number of benzene rings is 7. The Bertz CT molecular complexity index is 3830.